The molecule has 2 atom stereocenters. The Labute approximate surface area is 136 Å². The van der Waals surface area contributed by atoms with Crippen molar-refractivity contribution in [2.45, 2.75) is 25.4 Å². The molecule has 2 unspecified atom stereocenters. The first-order valence-corrected chi connectivity index (χ1v) is 7.80. The van der Waals surface area contributed by atoms with Gasteiger partial charge in [0.1, 0.15) is 0 Å². The van der Waals surface area contributed by atoms with Gasteiger partial charge in [0.2, 0.25) is 11.8 Å². The number of nitrogens with zero attached hydrogens (tertiary/aromatic N) is 1. The van der Waals surface area contributed by atoms with Crippen molar-refractivity contribution in [3.05, 3.63) is 29.6 Å². The minimum Gasteiger partial charge on any atom is -0.376 e. The van der Waals surface area contributed by atoms with E-state index in [4.69, 9.17) is 4.74 Å². The van der Waals surface area contributed by atoms with Gasteiger partial charge in [-0.1, -0.05) is 0 Å². The third kappa shape index (κ3) is 3.24. The van der Waals surface area contributed by atoms with Crippen LogP contribution in [-0.2, 0) is 14.3 Å². The number of benzene rings is 1. The molecule has 0 spiro atoms. The number of ether oxygens (including phenoxy) is 1. The third-order valence-electron chi connectivity index (χ3n) is 4.33. The number of carbonyl (C=O) groups excluding carboxylic acids is 2. The number of anilines is 1. The molecule has 2 saturated heterocycles. The van der Waals surface area contributed by atoms with E-state index in [2.05, 4.69) is 5.32 Å². The van der Waals surface area contributed by atoms with Gasteiger partial charge in [0.05, 0.1) is 17.7 Å². The largest absolute Gasteiger partial charge is 0.376 e. The molecule has 2 fully saturated rings. The number of rotatable bonds is 4. The van der Waals surface area contributed by atoms with Crippen LogP contribution in [0.4, 0.5) is 18.9 Å². The highest BCUT2D eigenvalue weighted by Crippen LogP contribution is 2.29. The SMILES string of the molecule is O=C(NCC1CCCO1)C1CC(=O)N(c2ccc(F)c(F)c2F)C1. The summed E-state index contributed by atoms with van der Waals surface area (Å²) in [6.45, 7) is 0.965. The van der Waals surface area contributed by atoms with Crippen LogP contribution in [0, 0.1) is 23.4 Å². The molecule has 24 heavy (non-hydrogen) atoms. The van der Waals surface area contributed by atoms with Crippen molar-refractivity contribution in [2.75, 3.05) is 24.6 Å². The van der Waals surface area contributed by atoms with E-state index >= 15 is 0 Å². The lowest BCUT2D eigenvalue weighted by Crippen LogP contribution is -2.37. The second kappa shape index (κ2) is 6.80. The summed E-state index contributed by atoms with van der Waals surface area (Å²) in [5, 5.41) is 2.72. The molecule has 1 aromatic rings. The number of hydrogen-bond acceptors (Lipinski definition) is 3. The van der Waals surface area contributed by atoms with E-state index in [0.29, 0.717) is 13.2 Å². The smallest absolute Gasteiger partial charge is 0.227 e. The number of halogens is 3. The fourth-order valence-electron chi connectivity index (χ4n) is 3.00. The Bertz CT molecular complexity index is 662. The van der Waals surface area contributed by atoms with Crippen LogP contribution in [0.25, 0.3) is 0 Å². The Balaban J connectivity index is 1.65. The maximum absolute atomic E-state index is 13.8. The van der Waals surface area contributed by atoms with Crippen molar-refractivity contribution in [3.63, 3.8) is 0 Å². The summed E-state index contributed by atoms with van der Waals surface area (Å²) < 4.78 is 45.6. The molecule has 1 N–H and O–H groups in total. The average Bonchev–Trinajstić information content (AvgIpc) is 3.20. The normalized spacial score (nSPS) is 23.8. The maximum Gasteiger partial charge on any atom is 0.227 e. The minimum absolute atomic E-state index is 0.0224. The van der Waals surface area contributed by atoms with E-state index in [-0.39, 0.29) is 30.7 Å². The summed E-state index contributed by atoms with van der Waals surface area (Å²) in [4.78, 5) is 25.2. The van der Waals surface area contributed by atoms with Gasteiger partial charge >= 0.3 is 0 Å². The Morgan fingerprint density at radius 2 is 2.08 bits per heavy atom. The predicted octanol–water partition coefficient (Wildman–Crippen LogP) is 1.75. The molecule has 130 valence electrons. The molecular weight excluding hydrogens is 325 g/mol. The van der Waals surface area contributed by atoms with Crippen LogP contribution >= 0.6 is 0 Å². The Morgan fingerprint density at radius 3 is 2.79 bits per heavy atom. The summed E-state index contributed by atoms with van der Waals surface area (Å²) in [6, 6.07) is 1.75. The topological polar surface area (TPSA) is 58.6 Å². The first kappa shape index (κ1) is 16.8. The molecule has 0 saturated carbocycles. The minimum atomic E-state index is -1.63. The van der Waals surface area contributed by atoms with Gasteiger partial charge < -0.3 is 15.0 Å². The van der Waals surface area contributed by atoms with E-state index in [0.717, 1.165) is 29.9 Å². The molecule has 2 amide bonds. The zero-order valence-electron chi connectivity index (χ0n) is 12.9. The highest BCUT2D eigenvalue weighted by Gasteiger charge is 2.37. The first-order chi connectivity index (χ1) is 11.5. The number of hydrogen-bond donors (Lipinski definition) is 1. The highest BCUT2D eigenvalue weighted by molar-refractivity contribution is 6.00. The predicted molar refractivity (Wildman–Crippen MR) is 78.8 cm³/mol. The quantitative estimate of drug-likeness (QED) is 0.848. The number of carbonyl (C=O) groups is 2. The molecule has 2 heterocycles. The lowest BCUT2D eigenvalue weighted by Gasteiger charge is -2.18. The fourth-order valence-corrected chi connectivity index (χ4v) is 3.00. The Hall–Kier alpha value is -2.09. The van der Waals surface area contributed by atoms with Crippen molar-refractivity contribution in [3.8, 4) is 0 Å². The molecule has 0 bridgehead atoms. The van der Waals surface area contributed by atoms with Gasteiger partial charge in [0.15, 0.2) is 17.5 Å². The molecule has 0 radical (unpaired) electrons. The number of amides is 2. The van der Waals surface area contributed by atoms with E-state index in [1.165, 1.54) is 0 Å². The monoisotopic (exact) mass is 342 g/mol. The summed E-state index contributed by atoms with van der Waals surface area (Å²) in [6.07, 6.45) is 1.70. The summed E-state index contributed by atoms with van der Waals surface area (Å²) in [5.41, 5.74) is -0.353. The summed E-state index contributed by atoms with van der Waals surface area (Å²) in [5.74, 6) is -5.88. The van der Waals surface area contributed by atoms with Gasteiger partial charge in [0.25, 0.3) is 0 Å². The molecule has 0 aliphatic carbocycles. The molecule has 3 rings (SSSR count). The Kier molecular flexibility index (Phi) is 4.75. The Morgan fingerprint density at radius 1 is 1.29 bits per heavy atom. The number of nitrogens with one attached hydrogen (secondary N) is 1. The van der Waals surface area contributed by atoms with Crippen molar-refractivity contribution < 1.29 is 27.5 Å². The van der Waals surface area contributed by atoms with Crippen LogP contribution in [0.15, 0.2) is 12.1 Å². The molecule has 8 heteroatoms. The van der Waals surface area contributed by atoms with Crippen LogP contribution in [0.1, 0.15) is 19.3 Å². The average molecular weight is 342 g/mol. The van der Waals surface area contributed by atoms with Crippen molar-refractivity contribution in [2.24, 2.45) is 5.92 Å². The van der Waals surface area contributed by atoms with Crippen LogP contribution in [0.5, 0.6) is 0 Å². The zero-order valence-corrected chi connectivity index (χ0v) is 12.9. The van der Waals surface area contributed by atoms with Gasteiger partial charge in [-0.25, -0.2) is 13.2 Å². The van der Waals surface area contributed by atoms with E-state index in [1.807, 2.05) is 0 Å². The van der Waals surface area contributed by atoms with Crippen molar-refractivity contribution >= 4 is 17.5 Å². The first-order valence-electron chi connectivity index (χ1n) is 7.80. The van der Waals surface area contributed by atoms with Crippen LogP contribution < -0.4 is 10.2 Å². The molecular formula is C16H17F3N2O3. The van der Waals surface area contributed by atoms with Gasteiger partial charge in [0, 0.05) is 26.1 Å². The van der Waals surface area contributed by atoms with Crippen LogP contribution in [0.2, 0.25) is 0 Å². The van der Waals surface area contributed by atoms with E-state index in [9.17, 15) is 22.8 Å². The van der Waals surface area contributed by atoms with Crippen LogP contribution in [-0.4, -0.2) is 37.6 Å². The maximum atomic E-state index is 13.8. The van der Waals surface area contributed by atoms with Crippen molar-refractivity contribution in [1.82, 2.24) is 5.32 Å². The second-order valence-electron chi connectivity index (χ2n) is 5.98. The van der Waals surface area contributed by atoms with Crippen molar-refractivity contribution in [1.29, 1.82) is 0 Å². The van der Waals surface area contributed by atoms with Gasteiger partial charge in [-0.15, -0.1) is 0 Å². The molecule has 5 nitrogen and oxygen atoms in total. The second-order valence-corrected chi connectivity index (χ2v) is 5.98. The lowest BCUT2D eigenvalue weighted by molar-refractivity contribution is -0.126. The zero-order chi connectivity index (χ0) is 17.3. The lowest BCUT2D eigenvalue weighted by atomic mass is 10.1. The van der Waals surface area contributed by atoms with Crippen LogP contribution in [0.3, 0.4) is 0 Å². The van der Waals surface area contributed by atoms with E-state index in [1.54, 1.807) is 0 Å². The van der Waals surface area contributed by atoms with E-state index < -0.39 is 29.3 Å². The van der Waals surface area contributed by atoms with Gasteiger partial charge in [-0.3, -0.25) is 9.59 Å². The fraction of sp³-hybridized carbons (Fsp3) is 0.500. The van der Waals surface area contributed by atoms with Gasteiger partial charge in [-0.05, 0) is 25.0 Å². The highest BCUT2D eigenvalue weighted by atomic mass is 19.2. The molecule has 0 aromatic heterocycles. The summed E-state index contributed by atoms with van der Waals surface area (Å²) in [7, 11) is 0. The summed E-state index contributed by atoms with van der Waals surface area (Å²) >= 11 is 0. The molecule has 1 aromatic carbocycles. The third-order valence-corrected chi connectivity index (χ3v) is 4.33. The van der Waals surface area contributed by atoms with Gasteiger partial charge in [-0.2, -0.15) is 0 Å². The standard InChI is InChI=1S/C16H17F3N2O3/c17-11-3-4-12(15(19)14(11)18)21-8-9(6-13(21)22)16(23)20-7-10-2-1-5-24-10/h3-4,9-10H,1-2,5-8H2,(H,20,23). The molecule has 2 aliphatic rings. The molecule has 2 aliphatic heterocycles.